The molecule has 94 valence electrons. The number of aliphatic carboxylic acids is 1. The van der Waals surface area contributed by atoms with E-state index in [0.717, 1.165) is 17.7 Å². The second-order valence-corrected chi connectivity index (χ2v) is 4.58. The van der Waals surface area contributed by atoms with Gasteiger partial charge in [-0.05, 0) is 36.5 Å². The molecule has 0 aromatic heterocycles. The lowest BCUT2D eigenvalue weighted by molar-refractivity contribution is -0.143. The molecule has 1 atom stereocenters. The molecule has 0 heterocycles. The van der Waals surface area contributed by atoms with Gasteiger partial charge in [0.15, 0.2) is 0 Å². The molecule has 3 heteroatoms. The maximum absolute atomic E-state index is 11.0. The van der Waals surface area contributed by atoms with Crippen LogP contribution in [-0.2, 0) is 11.2 Å². The quantitative estimate of drug-likeness (QED) is 0.826. The summed E-state index contributed by atoms with van der Waals surface area (Å²) in [6.45, 7) is 3.90. The average Bonchev–Trinajstić information content (AvgIpc) is 2.29. The summed E-state index contributed by atoms with van der Waals surface area (Å²) in [6, 6.07) is 7.77. The van der Waals surface area contributed by atoms with Crippen LogP contribution in [0.2, 0.25) is 0 Å². The van der Waals surface area contributed by atoms with Crippen LogP contribution in [0.25, 0.3) is 0 Å². The molecule has 3 nitrogen and oxygen atoms in total. The van der Waals surface area contributed by atoms with E-state index in [1.807, 2.05) is 38.1 Å². The van der Waals surface area contributed by atoms with Crippen LogP contribution in [0.1, 0.15) is 25.8 Å². The van der Waals surface area contributed by atoms with E-state index in [1.54, 1.807) is 7.11 Å². The molecule has 0 fully saturated rings. The lowest BCUT2D eigenvalue weighted by atomic mass is 9.90. The first-order valence-electron chi connectivity index (χ1n) is 5.90. The van der Waals surface area contributed by atoms with Crippen LogP contribution < -0.4 is 4.74 Å². The number of rotatable bonds is 6. The van der Waals surface area contributed by atoms with Crippen LogP contribution in [0.4, 0.5) is 0 Å². The number of carboxylic acid groups (broad SMARTS) is 1. The van der Waals surface area contributed by atoms with Crippen molar-refractivity contribution in [3.05, 3.63) is 29.8 Å². The van der Waals surface area contributed by atoms with E-state index in [2.05, 4.69) is 0 Å². The van der Waals surface area contributed by atoms with Crippen molar-refractivity contribution in [3.8, 4) is 5.75 Å². The number of methoxy groups -OCH3 is 1. The molecule has 1 aromatic rings. The van der Waals surface area contributed by atoms with Gasteiger partial charge in [0.25, 0.3) is 0 Å². The van der Waals surface area contributed by atoms with Gasteiger partial charge in [0.1, 0.15) is 5.75 Å². The SMILES string of the molecule is COc1ccc(CCC(C(=O)O)C(C)C)cc1. The fourth-order valence-corrected chi connectivity index (χ4v) is 1.86. The van der Waals surface area contributed by atoms with Crippen LogP contribution in [0, 0.1) is 11.8 Å². The van der Waals surface area contributed by atoms with Crippen molar-refractivity contribution < 1.29 is 14.6 Å². The summed E-state index contributed by atoms with van der Waals surface area (Å²) in [4.78, 5) is 11.0. The molecule has 0 aliphatic rings. The number of ether oxygens (including phenoxy) is 1. The molecule has 1 rings (SSSR count). The van der Waals surface area contributed by atoms with Crippen molar-refractivity contribution in [2.75, 3.05) is 7.11 Å². The monoisotopic (exact) mass is 236 g/mol. The van der Waals surface area contributed by atoms with E-state index < -0.39 is 5.97 Å². The molecule has 0 aliphatic heterocycles. The highest BCUT2D eigenvalue weighted by molar-refractivity contribution is 5.70. The second-order valence-electron chi connectivity index (χ2n) is 4.58. The van der Waals surface area contributed by atoms with Gasteiger partial charge >= 0.3 is 5.97 Å². The number of benzene rings is 1. The lowest BCUT2D eigenvalue weighted by Gasteiger charge is -2.15. The molecule has 0 spiro atoms. The van der Waals surface area contributed by atoms with E-state index in [9.17, 15) is 4.79 Å². The predicted molar refractivity (Wildman–Crippen MR) is 67.3 cm³/mol. The Bertz CT molecular complexity index is 354. The zero-order valence-corrected chi connectivity index (χ0v) is 10.6. The molecule has 1 N–H and O–H groups in total. The van der Waals surface area contributed by atoms with E-state index in [-0.39, 0.29) is 11.8 Å². The lowest BCUT2D eigenvalue weighted by Crippen LogP contribution is -2.20. The molecular formula is C14H20O3. The first-order valence-corrected chi connectivity index (χ1v) is 5.90. The highest BCUT2D eigenvalue weighted by Gasteiger charge is 2.20. The van der Waals surface area contributed by atoms with Crippen LogP contribution >= 0.6 is 0 Å². The maximum atomic E-state index is 11.0. The molecule has 0 amide bonds. The smallest absolute Gasteiger partial charge is 0.306 e. The topological polar surface area (TPSA) is 46.5 Å². The van der Waals surface area contributed by atoms with Gasteiger partial charge in [0, 0.05) is 0 Å². The van der Waals surface area contributed by atoms with Gasteiger partial charge in [0.2, 0.25) is 0 Å². The average molecular weight is 236 g/mol. The van der Waals surface area contributed by atoms with Crippen LogP contribution in [0.5, 0.6) is 5.75 Å². The number of carboxylic acids is 1. The molecule has 1 aromatic carbocycles. The molecule has 0 radical (unpaired) electrons. The van der Waals surface area contributed by atoms with Gasteiger partial charge in [-0.2, -0.15) is 0 Å². The minimum absolute atomic E-state index is 0.172. The molecule has 0 aliphatic carbocycles. The van der Waals surface area contributed by atoms with Crippen molar-refractivity contribution in [1.29, 1.82) is 0 Å². The zero-order valence-electron chi connectivity index (χ0n) is 10.6. The van der Waals surface area contributed by atoms with Gasteiger partial charge in [-0.15, -0.1) is 0 Å². The minimum atomic E-state index is -0.700. The van der Waals surface area contributed by atoms with Crippen molar-refractivity contribution in [2.45, 2.75) is 26.7 Å². The highest BCUT2D eigenvalue weighted by Crippen LogP contribution is 2.19. The van der Waals surface area contributed by atoms with Crippen molar-refractivity contribution >= 4 is 5.97 Å². The van der Waals surface area contributed by atoms with Gasteiger partial charge < -0.3 is 9.84 Å². The van der Waals surface area contributed by atoms with Crippen molar-refractivity contribution in [2.24, 2.45) is 11.8 Å². The minimum Gasteiger partial charge on any atom is -0.497 e. The van der Waals surface area contributed by atoms with Gasteiger partial charge in [-0.1, -0.05) is 26.0 Å². The summed E-state index contributed by atoms with van der Waals surface area (Å²) in [5, 5.41) is 9.08. The molecule has 1 unspecified atom stereocenters. The Balaban J connectivity index is 2.56. The number of carbonyl (C=O) groups is 1. The molecule has 0 saturated heterocycles. The van der Waals surface area contributed by atoms with E-state index in [1.165, 1.54) is 0 Å². The zero-order chi connectivity index (χ0) is 12.8. The largest absolute Gasteiger partial charge is 0.497 e. The van der Waals surface area contributed by atoms with Crippen LogP contribution in [0.15, 0.2) is 24.3 Å². The Hall–Kier alpha value is -1.51. The third-order valence-electron chi connectivity index (χ3n) is 3.03. The number of hydrogen-bond acceptors (Lipinski definition) is 2. The Kier molecular flexibility index (Phi) is 5.01. The summed E-state index contributed by atoms with van der Waals surface area (Å²) in [7, 11) is 1.63. The van der Waals surface area contributed by atoms with Gasteiger partial charge in [0.05, 0.1) is 13.0 Å². The summed E-state index contributed by atoms with van der Waals surface area (Å²) in [6.07, 6.45) is 1.47. The molecule has 0 bridgehead atoms. The van der Waals surface area contributed by atoms with Gasteiger partial charge in [-0.25, -0.2) is 0 Å². The second kappa shape index (κ2) is 6.28. The number of aryl methyl sites for hydroxylation is 1. The van der Waals surface area contributed by atoms with E-state index in [4.69, 9.17) is 9.84 Å². The Morgan fingerprint density at radius 3 is 2.29 bits per heavy atom. The standard InChI is InChI=1S/C14H20O3/c1-10(2)13(14(15)16)9-6-11-4-7-12(17-3)8-5-11/h4-5,7-8,10,13H,6,9H2,1-3H3,(H,15,16). The highest BCUT2D eigenvalue weighted by atomic mass is 16.5. The molecule has 0 saturated carbocycles. The first-order chi connectivity index (χ1) is 8.04. The van der Waals surface area contributed by atoms with E-state index in [0.29, 0.717) is 6.42 Å². The van der Waals surface area contributed by atoms with Crippen molar-refractivity contribution in [3.63, 3.8) is 0 Å². The van der Waals surface area contributed by atoms with E-state index >= 15 is 0 Å². The molecule has 17 heavy (non-hydrogen) atoms. The fraction of sp³-hybridized carbons (Fsp3) is 0.500. The Morgan fingerprint density at radius 2 is 1.88 bits per heavy atom. The fourth-order valence-electron chi connectivity index (χ4n) is 1.86. The Morgan fingerprint density at radius 1 is 1.29 bits per heavy atom. The van der Waals surface area contributed by atoms with Crippen LogP contribution in [-0.4, -0.2) is 18.2 Å². The summed E-state index contributed by atoms with van der Waals surface area (Å²) >= 11 is 0. The maximum Gasteiger partial charge on any atom is 0.306 e. The Labute approximate surface area is 102 Å². The molecular weight excluding hydrogens is 216 g/mol. The van der Waals surface area contributed by atoms with Crippen molar-refractivity contribution in [1.82, 2.24) is 0 Å². The normalized spacial score (nSPS) is 12.5. The summed E-state index contributed by atoms with van der Waals surface area (Å²) < 4.78 is 5.08. The first kappa shape index (κ1) is 13.6. The summed E-state index contributed by atoms with van der Waals surface area (Å²) in [5.74, 6) is 0.0313. The van der Waals surface area contributed by atoms with Crippen LogP contribution in [0.3, 0.4) is 0 Å². The number of hydrogen-bond donors (Lipinski definition) is 1. The summed E-state index contributed by atoms with van der Waals surface area (Å²) in [5.41, 5.74) is 1.15. The predicted octanol–water partition coefficient (Wildman–Crippen LogP) is 2.98. The third-order valence-corrected chi connectivity index (χ3v) is 3.03. The van der Waals surface area contributed by atoms with Gasteiger partial charge in [-0.3, -0.25) is 4.79 Å². The third kappa shape index (κ3) is 4.10.